The van der Waals surface area contributed by atoms with Gasteiger partial charge in [0, 0.05) is 24.8 Å². The van der Waals surface area contributed by atoms with Gasteiger partial charge in [0.25, 0.3) is 5.91 Å². The summed E-state index contributed by atoms with van der Waals surface area (Å²) in [5.41, 5.74) is 1.23. The Balaban J connectivity index is 1.36. The second-order valence-electron chi connectivity index (χ2n) is 8.21. The molecule has 2 saturated carbocycles. The summed E-state index contributed by atoms with van der Waals surface area (Å²) < 4.78 is 0. The largest absolute Gasteiger partial charge is 0.391 e. The summed E-state index contributed by atoms with van der Waals surface area (Å²) in [6.45, 7) is 1.20. The number of hydrogen-bond acceptors (Lipinski definition) is 4. The highest BCUT2D eigenvalue weighted by Crippen LogP contribution is 2.44. The molecule has 1 aliphatic heterocycles. The van der Waals surface area contributed by atoms with Crippen LogP contribution in [0.2, 0.25) is 0 Å². The van der Waals surface area contributed by atoms with Crippen LogP contribution in [0.1, 0.15) is 48.9 Å². The Kier molecular flexibility index (Phi) is 5.34. The Morgan fingerprint density at radius 2 is 1.81 bits per heavy atom. The van der Waals surface area contributed by atoms with Gasteiger partial charge >= 0.3 is 0 Å². The predicted molar refractivity (Wildman–Crippen MR) is 103 cm³/mol. The minimum Gasteiger partial charge on any atom is -0.391 e. The zero-order valence-electron chi connectivity index (χ0n) is 15.7. The number of piperidine rings is 1. The Morgan fingerprint density at radius 3 is 2.48 bits per heavy atom. The van der Waals surface area contributed by atoms with Crippen molar-refractivity contribution < 1.29 is 14.7 Å². The van der Waals surface area contributed by atoms with E-state index in [9.17, 15) is 14.7 Å². The molecule has 6 heteroatoms. The number of carbonyl (C=O) groups is 2. The van der Waals surface area contributed by atoms with E-state index in [2.05, 4.69) is 10.6 Å². The molecule has 2 aliphatic carbocycles. The maximum absolute atomic E-state index is 12.9. The molecule has 1 aromatic carbocycles. The van der Waals surface area contributed by atoms with E-state index < -0.39 is 6.10 Å². The summed E-state index contributed by atoms with van der Waals surface area (Å²) in [5, 5.41) is 16.2. The lowest BCUT2D eigenvalue weighted by molar-refractivity contribution is -0.120. The standard InChI is InChI=1S/C21H29N3O3/c25-16-4-3-11-24(13-16)21(27)17-5-1-2-6-18(17)22-12-19(26)23-20(14-7-8-14)15-9-10-15/h1-2,5-6,14-16,20,22,25H,3-4,7-13H2,(H,23,26). The molecule has 2 amide bonds. The number of amides is 2. The zero-order valence-corrected chi connectivity index (χ0v) is 15.7. The molecule has 0 aromatic heterocycles. The van der Waals surface area contributed by atoms with Crippen molar-refractivity contribution in [1.82, 2.24) is 10.2 Å². The molecule has 3 fully saturated rings. The van der Waals surface area contributed by atoms with E-state index in [0.717, 1.165) is 12.8 Å². The fraction of sp³-hybridized carbons (Fsp3) is 0.619. The zero-order chi connectivity index (χ0) is 18.8. The molecule has 6 nitrogen and oxygen atoms in total. The molecular weight excluding hydrogens is 342 g/mol. The van der Waals surface area contributed by atoms with Crippen molar-refractivity contribution in [2.24, 2.45) is 11.8 Å². The monoisotopic (exact) mass is 371 g/mol. The van der Waals surface area contributed by atoms with Gasteiger partial charge in [0.1, 0.15) is 0 Å². The smallest absolute Gasteiger partial charge is 0.256 e. The summed E-state index contributed by atoms with van der Waals surface area (Å²) in [5.74, 6) is 1.24. The first-order valence-corrected chi connectivity index (χ1v) is 10.2. The van der Waals surface area contributed by atoms with Crippen molar-refractivity contribution in [3.63, 3.8) is 0 Å². The molecule has 0 radical (unpaired) electrons. The van der Waals surface area contributed by atoms with Gasteiger partial charge in [-0.2, -0.15) is 0 Å². The third kappa shape index (κ3) is 4.61. The Labute approximate surface area is 160 Å². The first-order chi connectivity index (χ1) is 13.1. The number of para-hydroxylation sites is 1. The minimum atomic E-state index is -0.449. The van der Waals surface area contributed by atoms with Gasteiger partial charge < -0.3 is 20.6 Å². The lowest BCUT2D eigenvalue weighted by atomic mass is 10.1. The minimum absolute atomic E-state index is 0.00514. The van der Waals surface area contributed by atoms with Gasteiger partial charge in [0.05, 0.1) is 18.2 Å². The molecule has 3 N–H and O–H groups in total. The predicted octanol–water partition coefficient (Wildman–Crippen LogP) is 2.00. The van der Waals surface area contributed by atoms with Crippen LogP contribution < -0.4 is 10.6 Å². The SMILES string of the molecule is O=C(CNc1ccccc1C(=O)N1CCCC(O)C1)NC(C1CC1)C1CC1. The number of β-amino-alcohol motifs (C(OH)–C–C–N with tert-alkyl or cyclic N) is 1. The van der Waals surface area contributed by atoms with E-state index in [1.807, 2.05) is 18.2 Å². The number of benzene rings is 1. The molecule has 27 heavy (non-hydrogen) atoms. The summed E-state index contributed by atoms with van der Waals surface area (Å²) in [4.78, 5) is 27.0. The van der Waals surface area contributed by atoms with Gasteiger partial charge in [-0.3, -0.25) is 9.59 Å². The van der Waals surface area contributed by atoms with E-state index >= 15 is 0 Å². The van der Waals surface area contributed by atoms with Crippen LogP contribution in [-0.2, 0) is 4.79 Å². The molecule has 1 saturated heterocycles. The van der Waals surface area contributed by atoms with Crippen LogP contribution in [0, 0.1) is 11.8 Å². The fourth-order valence-corrected chi connectivity index (χ4v) is 4.08. The first kappa shape index (κ1) is 18.3. The first-order valence-electron chi connectivity index (χ1n) is 10.2. The second-order valence-corrected chi connectivity index (χ2v) is 8.21. The fourth-order valence-electron chi connectivity index (χ4n) is 4.08. The van der Waals surface area contributed by atoms with Crippen LogP contribution in [0.3, 0.4) is 0 Å². The molecule has 1 unspecified atom stereocenters. The van der Waals surface area contributed by atoms with Crippen LogP contribution >= 0.6 is 0 Å². The average molecular weight is 371 g/mol. The number of carbonyl (C=O) groups excluding carboxylic acids is 2. The van der Waals surface area contributed by atoms with Crippen molar-refractivity contribution >= 4 is 17.5 Å². The highest BCUT2D eigenvalue weighted by Gasteiger charge is 2.42. The Bertz CT molecular complexity index is 688. The van der Waals surface area contributed by atoms with Crippen LogP contribution in [0.5, 0.6) is 0 Å². The van der Waals surface area contributed by atoms with E-state index in [-0.39, 0.29) is 18.4 Å². The van der Waals surface area contributed by atoms with Crippen LogP contribution in [0.15, 0.2) is 24.3 Å². The molecule has 1 atom stereocenters. The lowest BCUT2D eigenvalue weighted by Crippen LogP contribution is -2.43. The molecular formula is C21H29N3O3. The summed E-state index contributed by atoms with van der Waals surface area (Å²) in [6, 6.07) is 7.64. The van der Waals surface area contributed by atoms with Crippen LogP contribution in [-0.4, -0.2) is 53.6 Å². The lowest BCUT2D eigenvalue weighted by Gasteiger charge is -2.30. The molecule has 1 aromatic rings. The van der Waals surface area contributed by atoms with Gasteiger partial charge in [-0.05, 0) is 62.5 Å². The number of nitrogens with one attached hydrogen (secondary N) is 2. The van der Waals surface area contributed by atoms with Crippen molar-refractivity contribution in [2.75, 3.05) is 25.0 Å². The number of rotatable bonds is 7. The molecule has 146 valence electrons. The molecule has 0 bridgehead atoms. The molecule has 0 spiro atoms. The Hall–Kier alpha value is -2.08. The quantitative estimate of drug-likeness (QED) is 0.685. The van der Waals surface area contributed by atoms with Gasteiger partial charge in [0.2, 0.25) is 5.91 Å². The van der Waals surface area contributed by atoms with E-state index in [0.29, 0.717) is 42.2 Å². The molecule has 3 aliphatic rings. The number of hydrogen-bond donors (Lipinski definition) is 3. The van der Waals surface area contributed by atoms with Gasteiger partial charge in [-0.1, -0.05) is 12.1 Å². The van der Waals surface area contributed by atoms with Crippen molar-refractivity contribution in [1.29, 1.82) is 0 Å². The van der Waals surface area contributed by atoms with Gasteiger partial charge in [0.15, 0.2) is 0 Å². The van der Waals surface area contributed by atoms with E-state index in [1.54, 1.807) is 11.0 Å². The Morgan fingerprint density at radius 1 is 1.11 bits per heavy atom. The summed E-state index contributed by atoms with van der Waals surface area (Å²) >= 11 is 0. The highest BCUT2D eigenvalue weighted by molar-refractivity contribution is 6.00. The third-order valence-corrected chi connectivity index (χ3v) is 5.87. The van der Waals surface area contributed by atoms with Crippen LogP contribution in [0.25, 0.3) is 0 Å². The van der Waals surface area contributed by atoms with E-state index in [1.165, 1.54) is 25.7 Å². The maximum atomic E-state index is 12.9. The number of likely N-dealkylation sites (tertiary alicyclic amines) is 1. The molecule has 4 rings (SSSR count). The topological polar surface area (TPSA) is 81.7 Å². The van der Waals surface area contributed by atoms with Gasteiger partial charge in [-0.25, -0.2) is 0 Å². The number of aliphatic hydroxyl groups is 1. The molecule has 1 heterocycles. The van der Waals surface area contributed by atoms with Crippen molar-refractivity contribution in [3.05, 3.63) is 29.8 Å². The normalized spacial score (nSPS) is 22.6. The maximum Gasteiger partial charge on any atom is 0.256 e. The average Bonchev–Trinajstić information content (AvgIpc) is 3.57. The number of aliphatic hydroxyl groups excluding tert-OH is 1. The number of nitrogens with zero attached hydrogens (tertiary/aromatic N) is 1. The summed E-state index contributed by atoms with van der Waals surface area (Å²) in [7, 11) is 0. The summed E-state index contributed by atoms with van der Waals surface area (Å²) in [6.07, 6.45) is 6.03. The second kappa shape index (κ2) is 7.89. The van der Waals surface area contributed by atoms with E-state index in [4.69, 9.17) is 0 Å². The third-order valence-electron chi connectivity index (χ3n) is 5.87. The van der Waals surface area contributed by atoms with Crippen LogP contribution in [0.4, 0.5) is 5.69 Å². The number of anilines is 1. The van der Waals surface area contributed by atoms with Crippen molar-refractivity contribution in [2.45, 2.75) is 50.7 Å². The highest BCUT2D eigenvalue weighted by atomic mass is 16.3. The van der Waals surface area contributed by atoms with Gasteiger partial charge in [-0.15, -0.1) is 0 Å². The van der Waals surface area contributed by atoms with Crippen molar-refractivity contribution in [3.8, 4) is 0 Å².